The molecule has 0 saturated heterocycles. The summed E-state index contributed by atoms with van der Waals surface area (Å²) in [6, 6.07) is 11.0. The Balaban J connectivity index is 1.97. The van der Waals surface area contributed by atoms with Crippen molar-refractivity contribution in [3.8, 4) is 5.75 Å². The first kappa shape index (κ1) is 17.7. The van der Waals surface area contributed by atoms with E-state index < -0.39 is 17.8 Å². The fourth-order valence-electron chi connectivity index (χ4n) is 2.22. The average Bonchev–Trinajstić information content (AvgIpc) is 2.52. The molecule has 0 spiro atoms. The quantitative estimate of drug-likeness (QED) is 0.710. The summed E-state index contributed by atoms with van der Waals surface area (Å²) < 4.78 is 19.2. The monoisotopic (exact) mass is 332 g/mol. The van der Waals surface area contributed by atoms with Crippen LogP contribution in [0.5, 0.6) is 5.75 Å². The molecule has 0 aliphatic rings. The zero-order valence-electron chi connectivity index (χ0n) is 13.6. The molecule has 2 aromatic carbocycles. The van der Waals surface area contributed by atoms with Crippen LogP contribution in [0, 0.1) is 5.82 Å². The number of nitrogens with one attached hydrogen (secondary N) is 1. The van der Waals surface area contributed by atoms with Crippen molar-refractivity contribution >= 4 is 11.6 Å². The summed E-state index contributed by atoms with van der Waals surface area (Å²) in [6.07, 6.45) is -0.860. The van der Waals surface area contributed by atoms with Gasteiger partial charge in [-0.15, -0.1) is 0 Å². The van der Waals surface area contributed by atoms with Gasteiger partial charge in [0, 0.05) is 12.2 Å². The van der Waals surface area contributed by atoms with Gasteiger partial charge < -0.3 is 20.9 Å². The Morgan fingerprint density at radius 1 is 1.25 bits per heavy atom. The molecule has 0 fully saturated rings. The molecule has 128 valence electrons. The fraction of sp³-hybridized carbons (Fsp3) is 0.278. The van der Waals surface area contributed by atoms with E-state index in [1.807, 2.05) is 13.8 Å². The van der Waals surface area contributed by atoms with Gasteiger partial charge in [0.05, 0.1) is 17.8 Å². The molecular weight excluding hydrogens is 311 g/mol. The van der Waals surface area contributed by atoms with E-state index in [4.69, 9.17) is 10.5 Å². The number of aliphatic hydroxyl groups is 1. The summed E-state index contributed by atoms with van der Waals surface area (Å²) in [5.74, 6) is -0.661. The van der Waals surface area contributed by atoms with Crippen molar-refractivity contribution < 1.29 is 19.0 Å². The number of carbonyl (C=O) groups excluding carboxylic acids is 1. The van der Waals surface area contributed by atoms with Crippen molar-refractivity contribution in [1.82, 2.24) is 5.32 Å². The van der Waals surface area contributed by atoms with Crippen LogP contribution in [0.25, 0.3) is 0 Å². The van der Waals surface area contributed by atoms with E-state index in [0.717, 1.165) is 6.07 Å². The molecule has 0 heterocycles. The third-order valence-electron chi connectivity index (χ3n) is 3.37. The highest BCUT2D eigenvalue weighted by molar-refractivity contribution is 5.99. The Hall–Kier alpha value is -2.60. The van der Waals surface area contributed by atoms with Crippen molar-refractivity contribution in [3.63, 3.8) is 0 Å². The van der Waals surface area contributed by atoms with Crippen LogP contribution in [-0.2, 0) is 0 Å². The van der Waals surface area contributed by atoms with Crippen LogP contribution in [0.15, 0.2) is 42.5 Å². The van der Waals surface area contributed by atoms with E-state index in [1.54, 1.807) is 24.3 Å². The molecule has 6 heteroatoms. The SMILES string of the molecule is CC(C)Oc1ccc(C(O)CNC(=O)c2c(N)cccc2F)cc1. The number of ether oxygens (including phenoxy) is 1. The van der Waals surface area contributed by atoms with Crippen molar-refractivity contribution in [2.45, 2.75) is 26.1 Å². The number of hydrogen-bond acceptors (Lipinski definition) is 4. The van der Waals surface area contributed by atoms with Crippen molar-refractivity contribution in [3.05, 3.63) is 59.4 Å². The molecule has 0 aliphatic carbocycles. The maximum absolute atomic E-state index is 13.7. The smallest absolute Gasteiger partial charge is 0.256 e. The van der Waals surface area contributed by atoms with Gasteiger partial charge in [-0.25, -0.2) is 4.39 Å². The molecule has 1 unspecified atom stereocenters. The third kappa shape index (κ3) is 4.45. The molecule has 1 amide bonds. The Bertz CT molecular complexity index is 682. The number of benzene rings is 2. The number of nitrogen functional groups attached to an aromatic ring is 1. The first-order valence-corrected chi connectivity index (χ1v) is 7.65. The van der Waals surface area contributed by atoms with E-state index in [2.05, 4.69) is 5.32 Å². The van der Waals surface area contributed by atoms with E-state index >= 15 is 0 Å². The van der Waals surface area contributed by atoms with Gasteiger partial charge in [0.2, 0.25) is 0 Å². The second-order valence-electron chi connectivity index (χ2n) is 5.67. The molecular formula is C18H21FN2O3. The normalized spacial score (nSPS) is 12.0. The lowest BCUT2D eigenvalue weighted by molar-refractivity contribution is 0.0913. The van der Waals surface area contributed by atoms with Crippen LogP contribution in [0.2, 0.25) is 0 Å². The van der Waals surface area contributed by atoms with Crippen molar-refractivity contribution in [2.75, 3.05) is 12.3 Å². The second kappa shape index (κ2) is 7.79. The number of hydrogen-bond donors (Lipinski definition) is 3. The van der Waals surface area contributed by atoms with E-state index in [-0.39, 0.29) is 23.9 Å². The highest BCUT2D eigenvalue weighted by atomic mass is 19.1. The van der Waals surface area contributed by atoms with Crippen molar-refractivity contribution in [2.24, 2.45) is 0 Å². The van der Waals surface area contributed by atoms with Crippen LogP contribution >= 0.6 is 0 Å². The second-order valence-corrected chi connectivity index (χ2v) is 5.67. The molecule has 0 saturated carbocycles. The lowest BCUT2D eigenvalue weighted by Gasteiger charge is -2.15. The number of aliphatic hydroxyl groups excluding tert-OH is 1. The lowest BCUT2D eigenvalue weighted by Crippen LogP contribution is -2.29. The summed E-state index contributed by atoms with van der Waals surface area (Å²) in [5.41, 5.74) is 6.07. The molecule has 0 bridgehead atoms. The van der Waals surface area contributed by atoms with E-state index in [9.17, 15) is 14.3 Å². The molecule has 0 radical (unpaired) electrons. The van der Waals surface area contributed by atoms with Gasteiger partial charge >= 0.3 is 0 Å². The zero-order chi connectivity index (χ0) is 17.7. The van der Waals surface area contributed by atoms with Crippen LogP contribution in [0.1, 0.15) is 35.9 Å². The first-order valence-electron chi connectivity index (χ1n) is 7.65. The summed E-state index contributed by atoms with van der Waals surface area (Å²) in [6.45, 7) is 3.79. The number of nitrogens with two attached hydrogens (primary N) is 1. The first-order chi connectivity index (χ1) is 11.4. The topological polar surface area (TPSA) is 84.6 Å². The van der Waals surface area contributed by atoms with Crippen LogP contribution in [-0.4, -0.2) is 23.7 Å². The maximum atomic E-state index is 13.7. The highest BCUT2D eigenvalue weighted by Crippen LogP contribution is 2.19. The number of halogens is 1. The van der Waals surface area contributed by atoms with Gasteiger partial charge in [0.25, 0.3) is 5.91 Å². The minimum Gasteiger partial charge on any atom is -0.491 e. The molecule has 5 nitrogen and oxygen atoms in total. The Kier molecular flexibility index (Phi) is 5.76. The molecule has 2 rings (SSSR count). The average molecular weight is 332 g/mol. The lowest BCUT2D eigenvalue weighted by atomic mass is 10.1. The third-order valence-corrected chi connectivity index (χ3v) is 3.37. The van der Waals surface area contributed by atoms with Gasteiger partial charge in [-0.2, -0.15) is 0 Å². The highest BCUT2D eigenvalue weighted by Gasteiger charge is 2.16. The van der Waals surface area contributed by atoms with Gasteiger partial charge in [-0.05, 0) is 43.7 Å². The summed E-state index contributed by atoms with van der Waals surface area (Å²) in [5, 5.41) is 12.6. The summed E-state index contributed by atoms with van der Waals surface area (Å²) in [4.78, 5) is 12.0. The van der Waals surface area contributed by atoms with Gasteiger partial charge in [-0.1, -0.05) is 18.2 Å². The minimum atomic E-state index is -0.921. The Morgan fingerprint density at radius 3 is 2.50 bits per heavy atom. The number of carbonyl (C=O) groups is 1. The van der Waals surface area contributed by atoms with Crippen LogP contribution in [0.3, 0.4) is 0 Å². The zero-order valence-corrected chi connectivity index (χ0v) is 13.6. The van der Waals surface area contributed by atoms with Crippen LogP contribution < -0.4 is 15.8 Å². The molecule has 1 atom stereocenters. The Morgan fingerprint density at radius 2 is 1.92 bits per heavy atom. The fourth-order valence-corrected chi connectivity index (χ4v) is 2.22. The number of anilines is 1. The molecule has 2 aromatic rings. The molecule has 24 heavy (non-hydrogen) atoms. The van der Waals surface area contributed by atoms with E-state index in [1.165, 1.54) is 12.1 Å². The molecule has 0 aliphatic heterocycles. The number of rotatable bonds is 6. The van der Waals surface area contributed by atoms with Gasteiger partial charge in [0.1, 0.15) is 11.6 Å². The molecule has 0 aromatic heterocycles. The standard InChI is InChI=1S/C18H21FN2O3/c1-11(2)24-13-8-6-12(7-9-13)16(22)10-21-18(23)17-14(19)4-3-5-15(17)20/h3-9,11,16,22H,10,20H2,1-2H3,(H,21,23). The maximum Gasteiger partial charge on any atom is 0.256 e. The summed E-state index contributed by atoms with van der Waals surface area (Å²) in [7, 11) is 0. The molecule has 4 N–H and O–H groups in total. The number of amides is 1. The minimum absolute atomic E-state index is 0.0529. The van der Waals surface area contributed by atoms with Crippen molar-refractivity contribution in [1.29, 1.82) is 0 Å². The largest absolute Gasteiger partial charge is 0.491 e. The Labute approximate surface area is 140 Å². The van der Waals surface area contributed by atoms with E-state index in [0.29, 0.717) is 11.3 Å². The van der Waals surface area contributed by atoms with Gasteiger partial charge in [-0.3, -0.25) is 4.79 Å². The van der Waals surface area contributed by atoms with Gasteiger partial charge in [0.15, 0.2) is 0 Å². The predicted molar refractivity (Wildman–Crippen MR) is 90.3 cm³/mol. The summed E-state index contributed by atoms with van der Waals surface area (Å²) >= 11 is 0. The van der Waals surface area contributed by atoms with Crippen LogP contribution in [0.4, 0.5) is 10.1 Å². The predicted octanol–water partition coefficient (Wildman–Crippen LogP) is 2.66.